The number of carbonyl (C=O) groups excluding carboxylic acids is 1. The summed E-state index contributed by atoms with van der Waals surface area (Å²) in [5, 5.41) is 21.0. The number of benzene rings is 1. The number of ether oxygens (including phenoxy) is 1. The molecule has 8 nitrogen and oxygen atoms in total. The summed E-state index contributed by atoms with van der Waals surface area (Å²) in [4.78, 5) is 26.3. The highest BCUT2D eigenvalue weighted by atomic mass is 16.6. The second-order valence-electron chi connectivity index (χ2n) is 6.66. The highest BCUT2D eigenvalue weighted by Gasteiger charge is 2.27. The predicted molar refractivity (Wildman–Crippen MR) is 95.3 cm³/mol. The number of rotatable bonds is 6. The molecule has 2 fully saturated rings. The normalized spacial score (nSPS) is 20.0. The van der Waals surface area contributed by atoms with Gasteiger partial charge in [0, 0.05) is 31.4 Å². The first-order chi connectivity index (χ1) is 12.5. The number of nitrogens with one attached hydrogen (secondary N) is 1. The Balaban J connectivity index is 1.72. The van der Waals surface area contributed by atoms with Crippen molar-refractivity contribution in [1.82, 2.24) is 10.2 Å². The lowest BCUT2D eigenvalue weighted by atomic mass is 9.97. The molecule has 2 aliphatic rings. The van der Waals surface area contributed by atoms with Crippen molar-refractivity contribution in [1.29, 1.82) is 0 Å². The first-order valence-electron chi connectivity index (χ1n) is 8.98. The quantitative estimate of drug-likeness (QED) is 0.712. The van der Waals surface area contributed by atoms with E-state index in [0.717, 1.165) is 37.2 Å². The fourth-order valence-electron chi connectivity index (χ4n) is 3.58. The van der Waals surface area contributed by atoms with Gasteiger partial charge in [0.05, 0.1) is 12.6 Å². The maximum Gasteiger partial charge on any atom is 0.414 e. The van der Waals surface area contributed by atoms with E-state index in [4.69, 9.17) is 9.84 Å². The minimum Gasteiger partial charge on any atom is -0.465 e. The highest BCUT2D eigenvalue weighted by molar-refractivity contribution is 5.89. The van der Waals surface area contributed by atoms with Crippen molar-refractivity contribution in [2.24, 2.45) is 0 Å². The average Bonchev–Trinajstić information content (AvgIpc) is 3.06. The summed E-state index contributed by atoms with van der Waals surface area (Å²) in [5.41, 5.74) is 1.87. The molecule has 0 aliphatic carbocycles. The SMILES string of the molecule is O=C(O)NCC[C@@H](c1ccc(N2CCOC2=O)cc1)N1CCC(O)CC1. The monoisotopic (exact) mass is 363 g/mol. The van der Waals surface area contributed by atoms with E-state index in [0.29, 0.717) is 26.1 Å². The minimum absolute atomic E-state index is 0.0638. The van der Waals surface area contributed by atoms with Crippen LogP contribution in [0, 0.1) is 0 Å². The Morgan fingerprint density at radius 2 is 1.92 bits per heavy atom. The Bertz CT molecular complexity index is 628. The second kappa shape index (κ2) is 8.37. The van der Waals surface area contributed by atoms with Crippen LogP contribution in [0.1, 0.15) is 30.9 Å². The number of amides is 2. The van der Waals surface area contributed by atoms with Crippen molar-refractivity contribution in [2.45, 2.75) is 31.4 Å². The van der Waals surface area contributed by atoms with E-state index in [9.17, 15) is 14.7 Å². The molecular formula is C18H25N3O5. The van der Waals surface area contributed by atoms with Gasteiger partial charge in [-0.1, -0.05) is 12.1 Å². The van der Waals surface area contributed by atoms with Gasteiger partial charge in [0.25, 0.3) is 0 Å². The van der Waals surface area contributed by atoms with Gasteiger partial charge in [0.2, 0.25) is 0 Å². The summed E-state index contributed by atoms with van der Waals surface area (Å²) in [6.07, 6.45) is 0.479. The minimum atomic E-state index is -1.03. The van der Waals surface area contributed by atoms with Crippen molar-refractivity contribution in [3.8, 4) is 0 Å². The molecule has 0 unspecified atom stereocenters. The van der Waals surface area contributed by atoms with Gasteiger partial charge in [0.1, 0.15) is 6.61 Å². The summed E-state index contributed by atoms with van der Waals surface area (Å²) in [6, 6.07) is 7.83. The molecule has 1 atom stereocenters. The Labute approximate surface area is 152 Å². The van der Waals surface area contributed by atoms with Crippen LogP contribution in [0.5, 0.6) is 0 Å². The molecular weight excluding hydrogens is 338 g/mol. The molecule has 3 rings (SSSR count). The van der Waals surface area contributed by atoms with Crippen molar-refractivity contribution >= 4 is 17.9 Å². The molecule has 0 bridgehead atoms. The van der Waals surface area contributed by atoms with Crippen LogP contribution >= 0.6 is 0 Å². The zero-order valence-electron chi connectivity index (χ0n) is 14.6. The van der Waals surface area contributed by atoms with E-state index in [-0.39, 0.29) is 18.2 Å². The number of piperidine rings is 1. The molecule has 0 aromatic heterocycles. The van der Waals surface area contributed by atoms with Crippen LogP contribution in [-0.2, 0) is 4.74 Å². The third-order valence-electron chi connectivity index (χ3n) is 4.98. The zero-order valence-corrected chi connectivity index (χ0v) is 14.6. The molecule has 8 heteroatoms. The van der Waals surface area contributed by atoms with Crippen LogP contribution in [0.15, 0.2) is 24.3 Å². The summed E-state index contributed by atoms with van der Waals surface area (Å²) < 4.78 is 4.97. The zero-order chi connectivity index (χ0) is 18.5. The summed E-state index contributed by atoms with van der Waals surface area (Å²) >= 11 is 0. The number of anilines is 1. The van der Waals surface area contributed by atoms with Crippen molar-refractivity contribution in [2.75, 3.05) is 37.7 Å². The number of hydrogen-bond acceptors (Lipinski definition) is 5. The molecule has 2 heterocycles. The van der Waals surface area contributed by atoms with E-state index >= 15 is 0 Å². The molecule has 2 saturated heterocycles. The molecule has 2 amide bonds. The molecule has 0 radical (unpaired) electrons. The van der Waals surface area contributed by atoms with Gasteiger partial charge in [-0.15, -0.1) is 0 Å². The summed E-state index contributed by atoms with van der Waals surface area (Å²) in [7, 11) is 0. The number of nitrogens with zero attached hydrogens (tertiary/aromatic N) is 2. The van der Waals surface area contributed by atoms with E-state index < -0.39 is 6.09 Å². The number of likely N-dealkylation sites (tertiary alicyclic amines) is 1. The smallest absolute Gasteiger partial charge is 0.414 e. The number of aliphatic hydroxyl groups is 1. The number of carbonyl (C=O) groups is 2. The van der Waals surface area contributed by atoms with Crippen LogP contribution in [0.3, 0.4) is 0 Å². The molecule has 1 aromatic carbocycles. The van der Waals surface area contributed by atoms with Crippen LogP contribution in [-0.4, -0.2) is 66.2 Å². The largest absolute Gasteiger partial charge is 0.465 e. The van der Waals surface area contributed by atoms with Crippen LogP contribution in [0.4, 0.5) is 15.3 Å². The lowest BCUT2D eigenvalue weighted by molar-refractivity contribution is 0.0581. The lowest BCUT2D eigenvalue weighted by Gasteiger charge is -2.36. The summed E-state index contributed by atoms with van der Waals surface area (Å²) in [6.45, 7) is 2.87. The standard InChI is InChI=1S/C18H25N3O5/c22-15-6-9-20(10-7-15)16(5-8-19-17(23)24)13-1-3-14(4-2-13)21-11-12-26-18(21)25/h1-4,15-16,19,22H,5-12H2,(H,23,24)/t16-/m0/s1. The van der Waals surface area contributed by atoms with Crippen molar-refractivity contribution < 1.29 is 24.5 Å². The lowest BCUT2D eigenvalue weighted by Crippen LogP contribution is -2.39. The highest BCUT2D eigenvalue weighted by Crippen LogP contribution is 2.29. The first kappa shape index (κ1) is 18.5. The number of cyclic esters (lactones) is 1. The number of carboxylic acid groups (broad SMARTS) is 1. The van der Waals surface area contributed by atoms with Crippen LogP contribution in [0.2, 0.25) is 0 Å². The van der Waals surface area contributed by atoms with E-state index in [1.807, 2.05) is 24.3 Å². The second-order valence-corrected chi connectivity index (χ2v) is 6.66. The van der Waals surface area contributed by atoms with E-state index in [1.54, 1.807) is 4.90 Å². The van der Waals surface area contributed by atoms with Gasteiger partial charge < -0.3 is 20.3 Å². The third-order valence-corrected chi connectivity index (χ3v) is 4.98. The van der Waals surface area contributed by atoms with Gasteiger partial charge in [-0.3, -0.25) is 9.80 Å². The predicted octanol–water partition coefficient (Wildman–Crippen LogP) is 1.80. The van der Waals surface area contributed by atoms with Gasteiger partial charge in [0.15, 0.2) is 0 Å². The average molecular weight is 363 g/mol. The van der Waals surface area contributed by atoms with Gasteiger partial charge in [-0.2, -0.15) is 0 Å². The molecule has 3 N–H and O–H groups in total. The van der Waals surface area contributed by atoms with Crippen molar-refractivity contribution in [3.05, 3.63) is 29.8 Å². The van der Waals surface area contributed by atoms with Crippen molar-refractivity contribution in [3.63, 3.8) is 0 Å². The molecule has 0 saturated carbocycles. The Morgan fingerprint density at radius 1 is 1.23 bits per heavy atom. The van der Waals surface area contributed by atoms with E-state index in [1.165, 1.54) is 0 Å². The fourth-order valence-corrected chi connectivity index (χ4v) is 3.58. The number of hydrogen-bond donors (Lipinski definition) is 3. The third kappa shape index (κ3) is 4.44. The Kier molecular flexibility index (Phi) is 5.95. The molecule has 142 valence electrons. The van der Waals surface area contributed by atoms with Crippen LogP contribution in [0.25, 0.3) is 0 Å². The maximum absolute atomic E-state index is 11.7. The molecule has 26 heavy (non-hydrogen) atoms. The number of aliphatic hydroxyl groups excluding tert-OH is 1. The summed E-state index contributed by atoms with van der Waals surface area (Å²) in [5.74, 6) is 0. The van der Waals surface area contributed by atoms with Crippen LogP contribution < -0.4 is 10.2 Å². The van der Waals surface area contributed by atoms with Gasteiger partial charge in [-0.25, -0.2) is 9.59 Å². The molecule has 0 spiro atoms. The topological polar surface area (TPSA) is 102 Å². The van der Waals surface area contributed by atoms with E-state index in [2.05, 4.69) is 10.2 Å². The Morgan fingerprint density at radius 3 is 2.50 bits per heavy atom. The maximum atomic E-state index is 11.7. The first-order valence-corrected chi connectivity index (χ1v) is 8.98. The molecule has 2 aliphatic heterocycles. The molecule has 1 aromatic rings. The van der Waals surface area contributed by atoms with Gasteiger partial charge in [-0.05, 0) is 37.0 Å². The van der Waals surface area contributed by atoms with Gasteiger partial charge >= 0.3 is 12.2 Å². The fraction of sp³-hybridized carbons (Fsp3) is 0.556. The Hall–Kier alpha value is -2.32.